The molecule has 96 valence electrons. The van der Waals surface area contributed by atoms with E-state index in [2.05, 4.69) is 4.98 Å². The molecule has 1 aliphatic rings. The minimum absolute atomic E-state index is 0.142. The zero-order valence-corrected chi connectivity index (χ0v) is 10.8. The van der Waals surface area contributed by atoms with Gasteiger partial charge in [-0.2, -0.15) is 0 Å². The lowest BCUT2D eigenvalue weighted by Crippen LogP contribution is -2.22. The Bertz CT molecular complexity index is 906. The standard InChI is InChI=1S/C16H10N2O2/c1-9-5-4-6-10-12(9)16(20)13-14(15(10)19)18-8-3-2-7-11(18)17-13/h2-8H,1H3. The molecule has 0 amide bonds. The number of hydrogen-bond donors (Lipinski definition) is 0. The lowest BCUT2D eigenvalue weighted by molar-refractivity contribution is 0.0972. The fourth-order valence-corrected chi connectivity index (χ4v) is 2.78. The first-order chi connectivity index (χ1) is 9.68. The van der Waals surface area contributed by atoms with Gasteiger partial charge >= 0.3 is 0 Å². The van der Waals surface area contributed by atoms with Crippen LogP contribution in [0, 0.1) is 6.92 Å². The van der Waals surface area contributed by atoms with E-state index in [1.54, 1.807) is 28.8 Å². The van der Waals surface area contributed by atoms with Crippen molar-refractivity contribution in [2.24, 2.45) is 0 Å². The van der Waals surface area contributed by atoms with Crippen LogP contribution >= 0.6 is 0 Å². The van der Waals surface area contributed by atoms with Gasteiger partial charge in [0.15, 0.2) is 0 Å². The van der Waals surface area contributed by atoms with Gasteiger partial charge in [0.2, 0.25) is 11.6 Å². The summed E-state index contributed by atoms with van der Waals surface area (Å²) in [4.78, 5) is 29.6. The highest BCUT2D eigenvalue weighted by molar-refractivity contribution is 6.28. The molecule has 0 spiro atoms. The molecule has 1 aromatic carbocycles. The molecule has 0 saturated carbocycles. The first kappa shape index (κ1) is 11.1. The zero-order valence-electron chi connectivity index (χ0n) is 10.8. The molecule has 0 unspecified atom stereocenters. The van der Waals surface area contributed by atoms with Gasteiger partial charge in [-0.1, -0.05) is 24.3 Å². The monoisotopic (exact) mass is 262 g/mol. The fraction of sp³-hybridized carbons (Fsp3) is 0.0625. The van der Waals surface area contributed by atoms with Gasteiger partial charge in [-0.25, -0.2) is 4.98 Å². The molecule has 4 rings (SSSR count). The van der Waals surface area contributed by atoms with E-state index < -0.39 is 0 Å². The van der Waals surface area contributed by atoms with Crippen molar-refractivity contribution in [1.82, 2.24) is 9.38 Å². The number of pyridine rings is 1. The van der Waals surface area contributed by atoms with Gasteiger partial charge in [0.25, 0.3) is 0 Å². The summed E-state index contributed by atoms with van der Waals surface area (Å²) in [6.45, 7) is 1.84. The first-order valence-electron chi connectivity index (χ1n) is 6.34. The third kappa shape index (κ3) is 1.23. The maximum atomic E-state index is 12.7. The predicted octanol–water partition coefficient (Wildman–Crippen LogP) is 2.42. The van der Waals surface area contributed by atoms with Crippen molar-refractivity contribution in [3.05, 3.63) is 70.7 Å². The molecule has 0 aliphatic heterocycles. The summed E-state index contributed by atoms with van der Waals surface area (Å²) in [5.41, 5.74) is 2.99. The van der Waals surface area contributed by atoms with Crippen LogP contribution in [0.3, 0.4) is 0 Å². The van der Waals surface area contributed by atoms with E-state index in [1.165, 1.54) is 0 Å². The molecular formula is C16H10N2O2. The Kier molecular flexibility index (Phi) is 2.02. The molecule has 0 saturated heterocycles. The van der Waals surface area contributed by atoms with Crippen molar-refractivity contribution < 1.29 is 9.59 Å². The molecule has 0 radical (unpaired) electrons. The highest BCUT2D eigenvalue weighted by atomic mass is 16.1. The Labute approximate surface area is 114 Å². The minimum atomic E-state index is -0.170. The van der Waals surface area contributed by atoms with E-state index in [-0.39, 0.29) is 17.3 Å². The van der Waals surface area contributed by atoms with E-state index in [9.17, 15) is 9.59 Å². The molecular weight excluding hydrogens is 252 g/mol. The summed E-state index contributed by atoms with van der Waals surface area (Å²) < 4.78 is 1.68. The van der Waals surface area contributed by atoms with Crippen LogP contribution in [0.25, 0.3) is 5.65 Å². The van der Waals surface area contributed by atoms with Gasteiger partial charge < -0.3 is 0 Å². The normalized spacial score (nSPS) is 13.4. The Balaban J connectivity index is 2.14. The van der Waals surface area contributed by atoms with E-state index in [4.69, 9.17) is 0 Å². The average Bonchev–Trinajstić information content (AvgIpc) is 2.84. The number of benzene rings is 1. The number of nitrogens with zero attached hydrogens (tertiary/aromatic N) is 2. The SMILES string of the molecule is Cc1cccc2c1C(=O)c1nc3ccccn3c1C2=O. The van der Waals surface area contributed by atoms with Crippen LogP contribution in [0.5, 0.6) is 0 Å². The van der Waals surface area contributed by atoms with E-state index in [0.29, 0.717) is 22.5 Å². The van der Waals surface area contributed by atoms with Crippen LogP contribution in [0.1, 0.15) is 37.7 Å². The predicted molar refractivity (Wildman–Crippen MR) is 73.2 cm³/mol. The molecule has 20 heavy (non-hydrogen) atoms. The van der Waals surface area contributed by atoms with E-state index >= 15 is 0 Å². The molecule has 4 nitrogen and oxygen atoms in total. The van der Waals surface area contributed by atoms with Crippen molar-refractivity contribution in [1.29, 1.82) is 0 Å². The maximum absolute atomic E-state index is 12.7. The van der Waals surface area contributed by atoms with Crippen LogP contribution in [0.15, 0.2) is 42.6 Å². The van der Waals surface area contributed by atoms with Crippen molar-refractivity contribution >= 4 is 17.2 Å². The van der Waals surface area contributed by atoms with Crippen molar-refractivity contribution in [2.45, 2.75) is 6.92 Å². The largest absolute Gasteiger partial charge is 0.296 e. The highest BCUT2D eigenvalue weighted by Gasteiger charge is 2.34. The zero-order chi connectivity index (χ0) is 13.9. The van der Waals surface area contributed by atoms with Crippen LogP contribution in [-0.2, 0) is 0 Å². The molecule has 0 bridgehead atoms. The summed E-state index contributed by atoms with van der Waals surface area (Å²) >= 11 is 0. The molecule has 2 heterocycles. The van der Waals surface area contributed by atoms with Crippen LogP contribution in [0.2, 0.25) is 0 Å². The lowest BCUT2D eigenvalue weighted by atomic mass is 9.87. The Hall–Kier alpha value is -2.75. The van der Waals surface area contributed by atoms with E-state index in [1.807, 2.05) is 25.1 Å². The third-order valence-electron chi connectivity index (χ3n) is 3.70. The minimum Gasteiger partial charge on any atom is -0.296 e. The highest BCUT2D eigenvalue weighted by Crippen LogP contribution is 2.29. The second kappa shape index (κ2) is 3.63. The first-order valence-corrected chi connectivity index (χ1v) is 6.34. The number of aromatic nitrogens is 2. The fourth-order valence-electron chi connectivity index (χ4n) is 2.78. The summed E-state index contributed by atoms with van der Waals surface area (Å²) in [5.74, 6) is -0.312. The van der Waals surface area contributed by atoms with Crippen LogP contribution < -0.4 is 0 Å². The number of imidazole rings is 1. The topological polar surface area (TPSA) is 51.4 Å². The summed E-state index contributed by atoms with van der Waals surface area (Å²) in [6.07, 6.45) is 1.76. The third-order valence-corrected chi connectivity index (χ3v) is 3.70. The number of carbonyl (C=O) groups is 2. The van der Waals surface area contributed by atoms with Gasteiger partial charge in [0.05, 0.1) is 0 Å². The molecule has 4 heteroatoms. The Morgan fingerprint density at radius 2 is 1.85 bits per heavy atom. The summed E-state index contributed by atoms with van der Waals surface area (Å²) in [7, 11) is 0. The molecule has 3 aromatic rings. The number of carbonyl (C=O) groups excluding carboxylic acids is 2. The van der Waals surface area contributed by atoms with Crippen LogP contribution in [0.4, 0.5) is 0 Å². The molecule has 0 atom stereocenters. The second-order valence-corrected chi connectivity index (χ2v) is 4.89. The Morgan fingerprint density at radius 3 is 2.70 bits per heavy atom. The van der Waals surface area contributed by atoms with Crippen molar-refractivity contribution in [3.63, 3.8) is 0 Å². The average molecular weight is 262 g/mol. The Morgan fingerprint density at radius 1 is 1.00 bits per heavy atom. The molecule has 0 fully saturated rings. The van der Waals surface area contributed by atoms with Crippen LogP contribution in [-0.4, -0.2) is 21.0 Å². The van der Waals surface area contributed by atoms with Gasteiger partial charge in [0.1, 0.15) is 17.0 Å². The van der Waals surface area contributed by atoms with Gasteiger partial charge in [-0.05, 0) is 24.6 Å². The number of rotatable bonds is 0. The second-order valence-electron chi connectivity index (χ2n) is 4.89. The number of ketones is 2. The molecule has 0 N–H and O–H groups in total. The number of hydrogen-bond acceptors (Lipinski definition) is 3. The molecule has 1 aliphatic carbocycles. The van der Waals surface area contributed by atoms with Gasteiger partial charge in [-0.15, -0.1) is 0 Å². The maximum Gasteiger partial charge on any atom is 0.214 e. The summed E-state index contributed by atoms with van der Waals surface area (Å²) in [5, 5.41) is 0. The quantitative estimate of drug-likeness (QED) is 0.489. The number of aryl methyl sites for hydroxylation is 1. The van der Waals surface area contributed by atoms with Crippen molar-refractivity contribution in [3.8, 4) is 0 Å². The van der Waals surface area contributed by atoms with E-state index in [0.717, 1.165) is 5.56 Å². The molecule has 2 aromatic heterocycles. The van der Waals surface area contributed by atoms with Crippen molar-refractivity contribution in [2.75, 3.05) is 0 Å². The lowest BCUT2D eigenvalue weighted by Gasteiger charge is -2.15. The number of fused-ring (bicyclic) bond motifs is 4. The van der Waals surface area contributed by atoms with Gasteiger partial charge in [-0.3, -0.25) is 14.0 Å². The van der Waals surface area contributed by atoms with Gasteiger partial charge in [0, 0.05) is 17.3 Å². The summed E-state index contributed by atoms with van der Waals surface area (Å²) in [6, 6.07) is 10.8. The smallest absolute Gasteiger partial charge is 0.214 e.